The quantitative estimate of drug-likeness (QED) is 0.623. The Hall–Kier alpha value is -3.55. The molecule has 0 bridgehead atoms. The monoisotopic (exact) mass is 428 g/mol. The molecular formula is C23H19F3N2O3. The third-order valence-corrected chi connectivity index (χ3v) is 5.16. The molecule has 8 heteroatoms. The van der Waals surface area contributed by atoms with Crippen LogP contribution >= 0.6 is 0 Å². The van der Waals surface area contributed by atoms with Gasteiger partial charge in [-0.3, -0.25) is 9.69 Å². The van der Waals surface area contributed by atoms with Crippen molar-refractivity contribution >= 4 is 34.6 Å². The van der Waals surface area contributed by atoms with Crippen LogP contribution in [0.25, 0.3) is 22.7 Å². The predicted octanol–water partition coefficient (Wildman–Crippen LogP) is 4.54. The first-order valence-corrected chi connectivity index (χ1v) is 9.75. The van der Waals surface area contributed by atoms with Crippen LogP contribution in [0.3, 0.4) is 0 Å². The van der Waals surface area contributed by atoms with Gasteiger partial charge in [-0.25, -0.2) is 4.79 Å². The van der Waals surface area contributed by atoms with Crippen LogP contribution in [0.15, 0.2) is 54.6 Å². The maximum Gasteiger partial charge on any atom is 0.471 e. The van der Waals surface area contributed by atoms with E-state index in [0.29, 0.717) is 27.2 Å². The fraction of sp³-hybridized carbons (Fsp3) is 0.217. The van der Waals surface area contributed by atoms with E-state index in [9.17, 15) is 22.8 Å². The van der Waals surface area contributed by atoms with Gasteiger partial charge in [-0.05, 0) is 30.2 Å². The van der Waals surface area contributed by atoms with Crippen molar-refractivity contribution in [3.8, 4) is 0 Å². The Kier molecular flexibility index (Phi) is 5.31. The molecular weight excluding hydrogens is 409 g/mol. The van der Waals surface area contributed by atoms with Crippen molar-refractivity contribution < 1.29 is 27.5 Å². The lowest BCUT2D eigenvalue weighted by Gasteiger charge is -2.36. The summed E-state index contributed by atoms with van der Waals surface area (Å²) in [6, 6.07) is 14.5. The van der Waals surface area contributed by atoms with E-state index in [2.05, 4.69) is 4.98 Å². The Bertz CT molecular complexity index is 1170. The molecule has 1 aliphatic rings. The number of nitrogens with zero attached hydrogens (tertiary/aromatic N) is 1. The molecule has 0 aliphatic carbocycles. The molecule has 5 nitrogen and oxygen atoms in total. The van der Waals surface area contributed by atoms with Gasteiger partial charge in [0.25, 0.3) is 0 Å². The first-order chi connectivity index (χ1) is 14.8. The molecule has 2 aromatic carbocycles. The van der Waals surface area contributed by atoms with Gasteiger partial charge in [0.2, 0.25) is 0 Å². The molecule has 1 aromatic heterocycles. The molecule has 1 atom stereocenters. The molecule has 3 aromatic rings. The van der Waals surface area contributed by atoms with E-state index in [0.717, 1.165) is 5.39 Å². The maximum absolute atomic E-state index is 13.6. The summed E-state index contributed by atoms with van der Waals surface area (Å²) in [6.45, 7) is 1.55. The molecule has 0 saturated heterocycles. The van der Waals surface area contributed by atoms with E-state index in [1.165, 1.54) is 6.08 Å². The van der Waals surface area contributed by atoms with E-state index >= 15 is 0 Å². The number of amides is 1. The van der Waals surface area contributed by atoms with Crippen LogP contribution in [0, 0.1) is 0 Å². The molecule has 160 valence electrons. The Balaban J connectivity index is 1.98. The number of aromatic nitrogens is 1. The van der Waals surface area contributed by atoms with Gasteiger partial charge in [0.05, 0.1) is 18.0 Å². The van der Waals surface area contributed by atoms with E-state index in [1.54, 1.807) is 49.4 Å². The third kappa shape index (κ3) is 3.81. The number of hydrogen-bond acceptors (Lipinski definition) is 3. The van der Waals surface area contributed by atoms with Gasteiger partial charge in [-0.1, -0.05) is 48.5 Å². The summed E-state index contributed by atoms with van der Waals surface area (Å²) < 4.78 is 45.7. The van der Waals surface area contributed by atoms with E-state index in [4.69, 9.17) is 4.74 Å². The van der Waals surface area contributed by atoms with E-state index < -0.39 is 24.1 Å². The fourth-order valence-electron chi connectivity index (χ4n) is 3.87. The summed E-state index contributed by atoms with van der Waals surface area (Å²) in [5.41, 5.74) is 2.32. The second-order valence-electron chi connectivity index (χ2n) is 7.11. The highest BCUT2D eigenvalue weighted by Gasteiger charge is 2.50. The van der Waals surface area contributed by atoms with Gasteiger partial charge in [0.1, 0.15) is 6.04 Å². The van der Waals surface area contributed by atoms with Gasteiger partial charge in [0.15, 0.2) is 0 Å². The SMILES string of the molecule is CCOC(=O)C1Cc2c([nH]c3ccccc23)/C(=C\c2ccccc2)N1C(=O)C(F)(F)F. The highest BCUT2D eigenvalue weighted by Crippen LogP contribution is 2.40. The van der Waals surface area contributed by atoms with Crippen molar-refractivity contribution in [2.75, 3.05) is 6.61 Å². The number of halogens is 3. The van der Waals surface area contributed by atoms with Crippen LogP contribution in [0.5, 0.6) is 0 Å². The molecule has 0 radical (unpaired) electrons. The van der Waals surface area contributed by atoms with Crippen molar-refractivity contribution in [3.05, 3.63) is 71.4 Å². The van der Waals surface area contributed by atoms with Crippen LogP contribution in [0.1, 0.15) is 23.7 Å². The molecule has 0 saturated carbocycles. The number of benzene rings is 2. The van der Waals surface area contributed by atoms with Crippen molar-refractivity contribution in [3.63, 3.8) is 0 Å². The highest BCUT2D eigenvalue weighted by molar-refractivity contribution is 6.03. The minimum atomic E-state index is -5.16. The first-order valence-electron chi connectivity index (χ1n) is 9.75. The Morgan fingerprint density at radius 3 is 2.48 bits per heavy atom. The first kappa shape index (κ1) is 20.7. The lowest BCUT2D eigenvalue weighted by Crippen LogP contribution is -2.52. The van der Waals surface area contributed by atoms with Gasteiger partial charge in [0, 0.05) is 17.3 Å². The number of ether oxygens (including phenoxy) is 1. The summed E-state index contributed by atoms with van der Waals surface area (Å²) >= 11 is 0. The number of alkyl halides is 3. The van der Waals surface area contributed by atoms with Crippen LogP contribution in [0.2, 0.25) is 0 Å². The number of nitrogens with one attached hydrogen (secondary N) is 1. The van der Waals surface area contributed by atoms with Crippen molar-refractivity contribution in [1.82, 2.24) is 9.88 Å². The highest BCUT2D eigenvalue weighted by atomic mass is 19.4. The maximum atomic E-state index is 13.6. The Morgan fingerprint density at radius 1 is 1.13 bits per heavy atom. The number of fused-ring (bicyclic) bond motifs is 3. The lowest BCUT2D eigenvalue weighted by molar-refractivity contribution is -0.186. The normalized spacial score (nSPS) is 17.6. The van der Waals surface area contributed by atoms with Gasteiger partial charge in [-0.15, -0.1) is 0 Å². The van der Waals surface area contributed by atoms with E-state index in [1.807, 2.05) is 12.1 Å². The van der Waals surface area contributed by atoms with Gasteiger partial charge < -0.3 is 9.72 Å². The molecule has 31 heavy (non-hydrogen) atoms. The van der Waals surface area contributed by atoms with Crippen LogP contribution in [-0.2, 0) is 20.7 Å². The fourth-order valence-corrected chi connectivity index (χ4v) is 3.87. The molecule has 1 aliphatic heterocycles. The number of carbonyl (C=O) groups is 2. The third-order valence-electron chi connectivity index (χ3n) is 5.16. The number of carbonyl (C=O) groups excluding carboxylic acids is 2. The number of rotatable bonds is 3. The molecule has 4 rings (SSSR count). The summed E-state index contributed by atoms with van der Waals surface area (Å²) in [6.07, 6.45) is -3.78. The van der Waals surface area contributed by atoms with Crippen molar-refractivity contribution in [2.24, 2.45) is 0 Å². The smallest absolute Gasteiger partial charge is 0.464 e. The number of H-pyrrole nitrogens is 1. The van der Waals surface area contributed by atoms with E-state index in [-0.39, 0.29) is 18.7 Å². The molecule has 0 fully saturated rings. The number of aromatic amines is 1. The van der Waals surface area contributed by atoms with Crippen LogP contribution in [0.4, 0.5) is 13.2 Å². The topological polar surface area (TPSA) is 62.4 Å². The van der Waals surface area contributed by atoms with Gasteiger partial charge in [-0.2, -0.15) is 13.2 Å². The van der Waals surface area contributed by atoms with Crippen LogP contribution in [-0.4, -0.2) is 40.6 Å². The Morgan fingerprint density at radius 2 is 1.81 bits per heavy atom. The summed E-state index contributed by atoms with van der Waals surface area (Å²) in [5.74, 6) is -2.99. The average Bonchev–Trinajstić information content (AvgIpc) is 3.12. The lowest BCUT2D eigenvalue weighted by atomic mass is 9.93. The van der Waals surface area contributed by atoms with Crippen molar-refractivity contribution in [2.45, 2.75) is 25.6 Å². The minimum Gasteiger partial charge on any atom is -0.464 e. The molecule has 1 N–H and O–H groups in total. The number of esters is 1. The molecule has 0 spiro atoms. The summed E-state index contributed by atoms with van der Waals surface area (Å²) in [5, 5.41) is 0.782. The zero-order valence-electron chi connectivity index (χ0n) is 16.6. The van der Waals surface area contributed by atoms with Gasteiger partial charge >= 0.3 is 18.1 Å². The molecule has 1 unspecified atom stereocenters. The van der Waals surface area contributed by atoms with Crippen molar-refractivity contribution in [1.29, 1.82) is 0 Å². The summed E-state index contributed by atoms with van der Waals surface area (Å²) in [7, 11) is 0. The zero-order valence-corrected chi connectivity index (χ0v) is 16.6. The second-order valence-corrected chi connectivity index (χ2v) is 7.11. The standard InChI is InChI=1S/C23H19F3N2O3/c1-2-31-21(29)19-13-16-15-10-6-7-11-17(15)27-20(16)18(12-14-8-4-3-5-9-14)28(19)22(30)23(24,25)26/h3-12,19,27H,2,13H2,1H3/b18-12+. The Labute approximate surface area is 176 Å². The minimum absolute atomic E-state index is 0.0120. The summed E-state index contributed by atoms with van der Waals surface area (Å²) in [4.78, 5) is 28.8. The number of hydrogen-bond donors (Lipinski definition) is 1. The largest absolute Gasteiger partial charge is 0.471 e. The molecule has 2 heterocycles. The van der Waals surface area contributed by atoms with Crippen LogP contribution < -0.4 is 0 Å². The number of para-hydroxylation sites is 1. The average molecular weight is 428 g/mol. The molecule has 1 amide bonds. The zero-order chi connectivity index (χ0) is 22.2. The predicted molar refractivity (Wildman–Crippen MR) is 110 cm³/mol. The second kappa shape index (κ2) is 7.94.